The van der Waals surface area contributed by atoms with Crippen molar-refractivity contribution in [3.63, 3.8) is 0 Å². The molecule has 0 fully saturated rings. The van der Waals surface area contributed by atoms with Crippen molar-refractivity contribution in [1.29, 1.82) is 0 Å². The summed E-state index contributed by atoms with van der Waals surface area (Å²) >= 11 is 0. The van der Waals surface area contributed by atoms with Crippen LogP contribution in [-0.2, 0) is 23.5 Å². The molecule has 4 rings (SSSR count). The highest BCUT2D eigenvalue weighted by molar-refractivity contribution is 7.79. The number of hydrogen-bond acceptors (Lipinski definition) is 4. The van der Waals surface area contributed by atoms with Gasteiger partial charge in [0, 0.05) is 24.2 Å². The third-order valence-electron chi connectivity index (χ3n) is 5.08. The summed E-state index contributed by atoms with van der Waals surface area (Å²) in [4.78, 5) is 6.40. The molecule has 35 heavy (non-hydrogen) atoms. The molecule has 9 heteroatoms. The number of nitrogens with one attached hydrogen (secondary N) is 2. The van der Waals surface area contributed by atoms with Crippen molar-refractivity contribution in [2.24, 2.45) is 0 Å². The summed E-state index contributed by atoms with van der Waals surface area (Å²) in [5.41, 5.74) is 4.84. The van der Waals surface area contributed by atoms with E-state index in [1.807, 2.05) is 36.7 Å². The highest BCUT2D eigenvalue weighted by Gasteiger charge is 2.12. The van der Waals surface area contributed by atoms with Crippen molar-refractivity contribution in [3.8, 4) is 0 Å². The molecule has 0 aliphatic heterocycles. The Hall–Kier alpha value is -3.79. The number of rotatable bonds is 6. The molecule has 0 saturated heterocycles. The lowest BCUT2D eigenvalue weighted by molar-refractivity contribution is -0.694. The minimum atomic E-state index is -5.17. The van der Waals surface area contributed by atoms with Crippen LogP contribution in [0.2, 0.25) is 0 Å². The lowest BCUT2D eigenvalue weighted by atomic mass is 10.2. The second-order valence-electron chi connectivity index (χ2n) is 7.56. The molecule has 4 aromatic rings. The van der Waals surface area contributed by atoms with Crippen LogP contribution in [0.3, 0.4) is 0 Å². The average Bonchev–Trinajstić information content (AvgIpc) is 3.36. The zero-order valence-electron chi connectivity index (χ0n) is 19.8. The Labute approximate surface area is 206 Å². The number of aryl methyl sites for hydroxylation is 2. The van der Waals surface area contributed by atoms with Crippen LogP contribution in [0.5, 0.6) is 0 Å². The van der Waals surface area contributed by atoms with E-state index < -0.39 is 10.4 Å². The fourth-order valence-electron chi connectivity index (χ4n) is 3.35. The Morgan fingerprint density at radius 2 is 1.06 bits per heavy atom. The predicted molar refractivity (Wildman–Crippen MR) is 133 cm³/mol. The highest BCUT2D eigenvalue weighted by atomic mass is 32.3. The van der Waals surface area contributed by atoms with Gasteiger partial charge in [0.25, 0.3) is 11.6 Å². The Bertz CT molecular complexity index is 1230. The maximum Gasteiger partial charge on any atom is 0.251 e. The normalized spacial score (nSPS) is 10.4. The first-order valence-corrected chi connectivity index (χ1v) is 12.1. The first-order valence-electron chi connectivity index (χ1n) is 10.8. The Morgan fingerprint density at radius 1 is 0.743 bits per heavy atom. The highest BCUT2D eigenvalue weighted by Crippen LogP contribution is 2.03. The van der Waals surface area contributed by atoms with Gasteiger partial charge in [-0.2, -0.15) is 0 Å². The van der Waals surface area contributed by atoms with E-state index in [2.05, 4.69) is 94.6 Å². The van der Waals surface area contributed by atoms with Crippen LogP contribution in [0.15, 0.2) is 86.2 Å². The molecule has 0 aliphatic rings. The molecule has 184 valence electrons. The van der Waals surface area contributed by atoms with Gasteiger partial charge in [0.2, 0.25) is 0 Å². The monoisotopic (exact) mass is 494 g/mol. The Kier molecular flexibility index (Phi) is 10.3. The molecule has 2 aromatic carbocycles. The van der Waals surface area contributed by atoms with E-state index in [9.17, 15) is 0 Å². The van der Waals surface area contributed by atoms with Crippen molar-refractivity contribution in [1.82, 2.24) is 9.97 Å². The number of aromatic nitrogens is 4. The standard InChI is InChI=1S/2C13H14N2.H2O4S/c2*1-3-13-9-14-11(2)15(13)10-12-7-5-4-6-8-12;1-5(2,3)4/h2*3-9H,1,10H2,2H3;(H2,1,2,3,4). The predicted octanol–water partition coefficient (Wildman–Crippen LogP) is 3.27. The second-order valence-corrected chi connectivity index (χ2v) is 8.37. The van der Waals surface area contributed by atoms with E-state index >= 15 is 0 Å². The molecule has 0 radical (unpaired) electrons. The summed E-state index contributed by atoms with van der Waals surface area (Å²) in [5, 5.41) is 0. The van der Waals surface area contributed by atoms with Crippen LogP contribution >= 0.6 is 0 Å². The number of H-pyrrole nitrogens is 2. The van der Waals surface area contributed by atoms with Gasteiger partial charge < -0.3 is 9.11 Å². The number of aromatic amines is 2. The van der Waals surface area contributed by atoms with Crippen LogP contribution in [-0.4, -0.2) is 27.5 Å². The van der Waals surface area contributed by atoms with Crippen molar-refractivity contribution in [3.05, 3.63) is 120 Å². The Balaban J connectivity index is 0.000000208. The molecule has 0 atom stereocenters. The van der Waals surface area contributed by atoms with E-state index in [1.54, 1.807) is 0 Å². The summed E-state index contributed by atoms with van der Waals surface area (Å²) in [6, 6.07) is 20.8. The van der Waals surface area contributed by atoms with Gasteiger partial charge in [-0.3, -0.25) is 8.42 Å². The zero-order valence-corrected chi connectivity index (χ0v) is 20.7. The van der Waals surface area contributed by atoms with E-state index in [4.69, 9.17) is 17.5 Å². The maximum atomic E-state index is 8.52. The van der Waals surface area contributed by atoms with Crippen molar-refractivity contribution in [2.45, 2.75) is 26.9 Å². The van der Waals surface area contributed by atoms with E-state index in [0.29, 0.717) is 0 Å². The van der Waals surface area contributed by atoms with Crippen molar-refractivity contribution < 1.29 is 26.7 Å². The molecule has 0 amide bonds. The molecular formula is C26H30N4O4S. The second kappa shape index (κ2) is 13.2. The van der Waals surface area contributed by atoms with Crippen molar-refractivity contribution >= 4 is 22.6 Å². The van der Waals surface area contributed by atoms with Gasteiger partial charge in [-0.25, -0.2) is 19.1 Å². The van der Waals surface area contributed by atoms with Gasteiger partial charge in [-0.1, -0.05) is 73.8 Å². The molecule has 2 N–H and O–H groups in total. The number of benzene rings is 2. The number of hydrogen-bond donors (Lipinski definition) is 2. The minimum Gasteiger partial charge on any atom is -0.759 e. The van der Waals surface area contributed by atoms with Crippen LogP contribution in [0.4, 0.5) is 0 Å². The molecule has 8 nitrogen and oxygen atoms in total. The van der Waals surface area contributed by atoms with Crippen LogP contribution in [0.25, 0.3) is 12.2 Å². The third-order valence-corrected chi connectivity index (χ3v) is 5.08. The van der Waals surface area contributed by atoms with Gasteiger partial charge >= 0.3 is 0 Å². The molecule has 2 heterocycles. The van der Waals surface area contributed by atoms with E-state index in [1.165, 1.54) is 11.1 Å². The fraction of sp³-hybridized carbons (Fsp3) is 0.154. The van der Waals surface area contributed by atoms with E-state index in [-0.39, 0.29) is 0 Å². The van der Waals surface area contributed by atoms with Crippen LogP contribution < -0.4 is 9.13 Å². The fourth-order valence-corrected chi connectivity index (χ4v) is 3.35. The van der Waals surface area contributed by atoms with Gasteiger partial charge in [0.05, 0.1) is 0 Å². The summed E-state index contributed by atoms with van der Waals surface area (Å²) in [6.07, 6.45) is 7.69. The smallest absolute Gasteiger partial charge is 0.251 e. The molecule has 0 spiro atoms. The summed E-state index contributed by atoms with van der Waals surface area (Å²) in [7, 11) is -5.17. The first kappa shape index (κ1) is 27.5. The molecule has 0 unspecified atom stereocenters. The molecule has 0 aliphatic carbocycles. The van der Waals surface area contributed by atoms with Gasteiger partial charge in [-0.05, 0) is 23.3 Å². The molecular weight excluding hydrogens is 464 g/mol. The van der Waals surface area contributed by atoms with Gasteiger partial charge in [0.15, 0.2) is 11.4 Å². The average molecular weight is 495 g/mol. The minimum absolute atomic E-state index is 0.886. The molecule has 2 aromatic heterocycles. The van der Waals surface area contributed by atoms with E-state index in [0.717, 1.165) is 36.1 Å². The maximum absolute atomic E-state index is 8.52. The third kappa shape index (κ3) is 9.54. The first-order chi connectivity index (χ1) is 16.6. The van der Waals surface area contributed by atoms with Crippen LogP contribution in [0, 0.1) is 13.8 Å². The zero-order chi connectivity index (χ0) is 25.8. The SMILES string of the molecule is C=Cc1c[nH]c(C)[n+]1Cc1ccccc1.C=Cc1c[nH]c(C)[n+]1Cc1ccccc1.O=S(=O)([O-])[O-]. The quantitative estimate of drug-likeness (QED) is 0.243. The van der Waals surface area contributed by atoms with Crippen LogP contribution in [0.1, 0.15) is 34.2 Å². The number of imidazole rings is 2. The summed E-state index contributed by atoms with van der Waals surface area (Å²) < 4.78 is 38.5. The molecule has 0 saturated carbocycles. The largest absolute Gasteiger partial charge is 0.759 e. The molecule has 0 bridgehead atoms. The van der Waals surface area contributed by atoms with Crippen molar-refractivity contribution in [2.75, 3.05) is 0 Å². The lowest BCUT2D eigenvalue weighted by Crippen LogP contribution is -2.38. The number of nitrogens with zero attached hydrogens (tertiary/aromatic N) is 2. The summed E-state index contributed by atoms with van der Waals surface area (Å²) in [5.74, 6) is 2.29. The van der Waals surface area contributed by atoms with Gasteiger partial charge in [0.1, 0.15) is 25.5 Å². The van der Waals surface area contributed by atoms with Gasteiger partial charge in [-0.15, -0.1) is 0 Å². The summed E-state index contributed by atoms with van der Waals surface area (Å²) in [6.45, 7) is 13.5. The lowest BCUT2D eigenvalue weighted by Gasteiger charge is -2.06. The Morgan fingerprint density at radius 3 is 1.34 bits per heavy atom. The topological polar surface area (TPSA) is 120 Å².